The van der Waals surface area contributed by atoms with Crippen molar-refractivity contribution >= 4 is 11.6 Å². The second-order valence-electron chi connectivity index (χ2n) is 4.86. The highest BCUT2D eigenvalue weighted by molar-refractivity contribution is 5.94. The number of carbonyl (C=O) groups is 1. The molecule has 3 nitrogen and oxygen atoms in total. The highest BCUT2D eigenvalue weighted by Crippen LogP contribution is 2.19. The molecule has 0 bridgehead atoms. The number of benzene rings is 1. The molecule has 1 N–H and O–H groups in total. The Labute approximate surface area is 111 Å². The molecule has 0 aromatic heterocycles. The van der Waals surface area contributed by atoms with Crippen LogP contribution in [0.4, 0.5) is 14.5 Å². The van der Waals surface area contributed by atoms with E-state index in [0.717, 1.165) is 38.1 Å². The molecule has 0 saturated carbocycles. The third-order valence-corrected chi connectivity index (χ3v) is 3.53. The molecule has 104 valence electrons. The molecule has 0 aliphatic carbocycles. The van der Waals surface area contributed by atoms with Crippen LogP contribution in [0.15, 0.2) is 18.2 Å². The van der Waals surface area contributed by atoms with Crippen molar-refractivity contribution in [1.82, 2.24) is 4.90 Å². The zero-order valence-electron chi connectivity index (χ0n) is 11.0. The summed E-state index contributed by atoms with van der Waals surface area (Å²) in [6, 6.07) is 3.16. The lowest BCUT2D eigenvalue weighted by molar-refractivity contribution is -0.121. The zero-order valence-corrected chi connectivity index (χ0v) is 11.0. The fraction of sp³-hybridized carbons (Fsp3) is 0.500. The SMILES string of the molecule is C[C@H](C(=O)Nc1c(F)cccc1F)N1CCCCC1. The standard InChI is InChI=1S/C14H18F2N2O/c1-10(18-8-3-2-4-9-18)14(19)17-13-11(15)6-5-7-12(13)16/h5-7,10H,2-4,8-9H2,1H3,(H,17,19)/t10-/m1/s1. The molecule has 1 atom stereocenters. The van der Waals surface area contributed by atoms with Gasteiger partial charge in [0.05, 0.1) is 6.04 Å². The lowest BCUT2D eigenvalue weighted by atomic mass is 10.1. The summed E-state index contributed by atoms with van der Waals surface area (Å²) in [6.45, 7) is 3.47. The van der Waals surface area contributed by atoms with Gasteiger partial charge in [0.2, 0.25) is 5.91 Å². The van der Waals surface area contributed by atoms with Crippen molar-refractivity contribution in [2.45, 2.75) is 32.2 Å². The third-order valence-electron chi connectivity index (χ3n) is 3.53. The minimum absolute atomic E-state index is 0.364. The van der Waals surface area contributed by atoms with E-state index < -0.39 is 11.6 Å². The Balaban J connectivity index is 2.04. The second kappa shape index (κ2) is 6.10. The van der Waals surface area contributed by atoms with E-state index in [0.29, 0.717) is 0 Å². The normalized spacial score (nSPS) is 18.1. The summed E-state index contributed by atoms with van der Waals surface area (Å²) < 4.78 is 26.9. The van der Waals surface area contributed by atoms with Crippen LogP contribution >= 0.6 is 0 Å². The molecule has 1 aromatic rings. The molecule has 19 heavy (non-hydrogen) atoms. The molecule has 0 spiro atoms. The number of nitrogens with zero attached hydrogens (tertiary/aromatic N) is 1. The minimum Gasteiger partial charge on any atom is -0.320 e. The number of para-hydroxylation sites is 1. The maximum Gasteiger partial charge on any atom is 0.241 e. The van der Waals surface area contributed by atoms with Crippen molar-refractivity contribution in [2.24, 2.45) is 0 Å². The predicted octanol–water partition coefficient (Wildman–Crippen LogP) is 2.78. The van der Waals surface area contributed by atoms with E-state index >= 15 is 0 Å². The molecule has 1 aromatic carbocycles. The number of hydrogen-bond acceptors (Lipinski definition) is 2. The second-order valence-corrected chi connectivity index (χ2v) is 4.86. The monoisotopic (exact) mass is 268 g/mol. The molecule has 1 aliphatic rings. The number of piperidine rings is 1. The van der Waals surface area contributed by atoms with Crippen molar-refractivity contribution in [2.75, 3.05) is 18.4 Å². The molecule has 1 fully saturated rings. The van der Waals surface area contributed by atoms with Crippen LogP contribution in [0.2, 0.25) is 0 Å². The van der Waals surface area contributed by atoms with Crippen LogP contribution in [-0.2, 0) is 4.79 Å². The summed E-state index contributed by atoms with van der Waals surface area (Å²) in [7, 11) is 0. The smallest absolute Gasteiger partial charge is 0.241 e. The van der Waals surface area contributed by atoms with Gasteiger partial charge in [0, 0.05) is 0 Å². The average molecular weight is 268 g/mol. The molecular weight excluding hydrogens is 250 g/mol. The molecule has 0 unspecified atom stereocenters. The van der Waals surface area contributed by atoms with Gasteiger partial charge in [-0.2, -0.15) is 0 Å². The van der Waals surface area contributed by atoms with Crippen LogP contribution in [0.1, 0.15) is 26.2 Å². The summed E-state index contributed by atoms with van der Waals surface area (Å²) in [6.07, 6.45) is 3.30. The van der Waals surface area contributed by atoms with E-state index in [2.05, 4.69) is 5.32 Å². The summed E-state index contributed by atoms with van der Waals surface area (Å²) in [5.41, 5.74) is -0.364. The Morgan fingerprint density at radius 1 is 1.21 bits per heavy atom. The van der Waals surface area contributed by atoms with Gasteiger partial charge in [-0.05, 0) is 45.0 Å². The summed E-state index contributed by atoms with van der Waals surface area (Å²) >= 11 is 0. The molecule has 1 aliphatic heterocycles. The van der Waals surface area contributed by atoms with Crippen molar-refractivity contribution in [1.29, 1.82) is 0 Å². The van der Waals surface area contributed by atoms with Gasteiger partial charge in [-0.15, -0.1) is 0 Å². The maximum atomic E-state index is 13.4. The highest BCUT2D eigenvalue weighted by Gasteiger charge is 2.24. The van der Waals surface area contributed by atoms with E-state index in [4.69, 9.17) is 0 Å². The summed E-state index contributed by atoms with van der Waals surface area (Å²) in [5.74, 6) is -1.87. The molecular formula is C14H18F2N2O. The van der Waals surface area contributed by atoms with Crippen LogP contribution in [0.25, 0.3) is 0 Å². The third kappa shape index (κ3) is 3.29. The van der Waals surface area contributed by atoms with E-state index in [-0.39, 0.29) is 17.6 Å². The first-order chi connectivity index (χ1) is 9.09. The van der Waals surface area contributed by atoms with E-state index in [1.54, 1.807) is 6.92 Å². The Kier molecular flexibility index (Phi) is 4.47. The number of rotatable bonds is 3. The molecule has 1 heterocycles. The van der Waals surface area contributed by atoms with E-state index in [1.807, 2.05) is 4.90 Å². The van der Waals surface area contributed by atoms with Crippen molar-refractivity contribution in [3.05, 3.63) is 29.8 Å². The van der Waals surface area contributed by atoms with Gasteiger partial charge in [-0.25, -0.2) is 8.78 Å². The predicted molar refractivity (Wildman–Crippen MR) is 69.9 cm³/mol. The molecule has 1 amide bonds. The number of halogens is 2. The van der Waals surface area contributed by atoms with Gasteiger partial charge < -0.3 is 5.32 Å². The Morgan fingerprint density at radius 3 is 2.37 bits per heavy atom. The van der Waals surface area contributed by atoms with Gasteiger partial charge in [-0.1, -0.05) is 12.5 Å². The fourth-order valence-electron chi connectivity index (χ4n) is 2.32. The van der Waals surface area contributed by atoms with Gasteiger partial charge in [0.1, 0.15) is 17.3 Å². The van der Waals surface area contributed by atoms with Crippen molar-refractivity contribution in [3.8, 4) is 0 Å². The van der Waals surface area contributed by atoms with E-state index in [9.17, 15) is 13.6 Å². The van der Waals surface area contributed by atoms with Crippen LogP contribution in [0.5, 0.6) is 0 Å². The summed E-state index contributed by atoms with van der Waals surface area (Å²) in [4.78, 5) is 14.1. The van der Waals surface area contributed by atoms with Crippen molar-refractivity contribution < 1.29 is 13.6 Å². The summed E-state index contributed by atoms with van der Waals surface area (Å²) in [5, 5.41) is 2.34. The quantitative estimate of drug-likeness (QED) is 0.914. The number of hydrogen-bond donors (Lipinski definition) is 1. The average Bonchev–Trinajstić information content (AvgIpc) is 2.43. The Bertz CT molecular complexity index is 439. The van der Waals surface area contributed by atoms with Crippen LogP contribution in [-0.4, -0.2) is 29.9 Å². The zero-order chi connectivity index (χ0) is 13.8. The van der Waals surface area contributed by atoms with E-state index in [1.165, 1.54) is 12.5 Å². The van der Waals surface area contributed by atoms with Crippen molar-refractivity contribution in [3.63, 3.8) is 0 Å². The first-order valence-corrected chi connectivity index (χ1v) is 6.58. The fourth-order valence-corrected chi connectivity index (χ4v) is 2.32. The lowest BCUT2D eigenvalue weighted by Crippen LogP contribution is -2.44. The number of nitrogens with one attached hydrogen (secondary N) is 1. The number of likely N-dealkylation sites (tertiary alicyclic amines) is 1. The molecule has 1 saturated heterocycles. The first-order valence-electron chi connectivity index (χ1n) is 6.58. The van der Waals surface area contributed by atoms with Gasteiger partial charge in [0.25, 0.3) is 0 Å². The largest absolute Gasteiger partial charge is 0.320 e. The number of amides is 1. The topological polar surface area (TPSA) is 32.3 Å². The van der Waals surface area contributed by atoms with Crippen LogP contribution in [0.3, 0.4) is 0 Å². The number of anilines is 1. The van der Waals surface area contributed by atoms with Crippen LogP contribution < -0.4 is 5.32 Å². The van der Waals surface area contributed by atoms with Crippen LogP contribution in [0, 0.1) is 11.6 Å². The maximum absolute atomic E-state index is 13.4. The first kappa shape index (κ1) is 13.9. The number of carbonyl (C=O) groups excluding carboxylic acids is 1. The molecule has 2 rings (SSSR count). The van der Waals surface area contributed by atoms with Gasteiger partial charge in [-0.3, -0.25) is 9.69 Å². The molecule has 0 radical (unpaired) electrons. The Hall–Kier alpha value is -1.49. The van der Waals surface area contributed by atoms with Gasteiger partial charge >= 0.3 is 0 Å². The minimum atomic E-state index is -0.751. The van der Waals surface area contributed by atoms with Gasteiger partial charge in [0.15, 0.2) is 0 Å². The highest BCUT2D eigenvalue weighted by atomic mass is 19.1. The Morgan fingerprint density at radius 2 is 1.79 bits per heavy atom. The lowest BCUT2D eigenvalue weighted by Gasteiger charge is -2.31. The molecule has 5 heteroatoms.